The van der Waals surface area contributed by atoms with Gasteiger partial charge in [-0.2, -0.15) is 0 Å². The number of carbonyl (C=O) groups excluding carboxylic acids is 1. The number of aryl methyl sites for hydroxylation is 1. The quantitative estimate of drug-likeness (QED) is 0.796. The second-order valence-corrected chi connectivity index (χ2v) is 9.46. The minimum Gasteiger partial charge on any atom is -0.351 e. The fraction of sp³-hybridized carbons (Fsp3) is 0.591. The lowest BCUT2D eigenvalue weighted by atomic mass is 9.86. The molecule has 1 spiro atoms. The molecule has 3 aliphatic heterocycles. The summed E-state index contributed by atoms with van der Waals surface area (Å²) >= 11 is 0. The first-order valence-corrected chi connectivity index (χ1v) is 10.7. The number of likely N-dealkylation sites (N-methyl/N-ethyl adjacent to an activating group) is 1. The molecular formula is C22H29N5O. The number of H-pyrrole nitrogens is 1. The lowest BCUT2D eigenvalue weighted by Gasteiger charge is -2.44. The summed E-state index contributed by atoms with van der Waals surface area (Å²) < 4.78 is 0. The second-order valence-electron chi connectivity index (χ2n) is 9.46. The fourth-order valence-electron chi connectivity index (χ4n) is 5.84. The van der Waals surface area contributed by atoms with Gasteiger partial charge in [0.05, 0.1) is 0 Å². The summed E-state index contributed by atoms with van der Waals surface area (Å²) in [5.41, 5.74) is 7.21. The number of rotatable bonds is 1. The van der Waals surface area contributed by atoms with Gasteiger partial charge >= 0.3 is 0 Å². The minimum absolute atomic E-state index is 0.148. The van der Waals surface area contributed by atoms with Crippen LogP contribution in [0.1, 0.15) is 35.3 Å². The first-order chi connectivity index (χ1) is 13.5. The molecule has 6 nitrogen and oxygen atoms in total. The Morgan fingerprint density at radius 3 is 2.89 bits per heavy atom. The number of hydrogen-bond acceptors (Lipinski definition) is 4. The lowest BCUT2D eigenvalue weighted by molar-refractivity contribution is 0.0164. The molecule has 1 aromatic carbocycles. The van der Waals surface area contributed by atoms with Crippen LogP contribution in [-0.4, -0.2) is 76.5 Å². The van der Waals surface area contributed by atoms with Crippen LogP contribution in [0.25, 0.3) is 10.9 Å². The van der Waals surface area contributed by atoms with Crippen molar-refractivity contribution in [3.05, 3.63) is 35.5 Å². The molecule has 1 aromatic heterocycles. The van der Waals surface area contributed by atoms with E-state index >= 15 is 0 Å². The van der Waals surface area contributed by atoms with Gasteiger partial charge in [-0.15, -0.1) is 0 Å². The van der Waals surface area contributed by atoms with Crippen molar-refractivity contribution in [2.75, 3.05) is 33.2 Å². The molecule has 2 N–H and O–H groups in total. The van der Waals surface area contributed by atoms with Crippen molar-refractivity contribution in [3.8, 4) is 0 Å². The van der Waals surface area contributed by atoms with Crippen LogP contribution in [0.5, 0.6) is 0 Å². The Balaban J connectivity index is 1.22. The molecule has 1 aliphatic carbocycles. The van der Waals surface area contributed by atoms with E-state index < -0.39 is 0 Å². The number of likely N-dealkylation sites (tertiary alicyclic amines) is 1. The van der Waals surface area contributed by atoms with Crippen LogP contribution < -0.4 is 5.43 Å². The third-order valence-corrected chi connectivity index (χ3v) is 7.85. The number of carbonyl (C=O) groups is 1. The second kappa shape index (κ2) is 5.81. The molecule has 2 aromatic rings. The van der Waals surface area contributed by atoms with Crippen molar-refractivity contribution in [1.82, 2.24) is 25.2 Å². The van der Waals surface area contributed by atoms with Gasteiger partial charge in [-0.25, -0.2) is 5.01 Å². The van der Waals surface area contributed by atoms with Crippen LogP contribution in [0.4, 0.5) is 0 Å². The predicted molar refractivity (Wildman–Crippen MR) is 109 cm³/mol. The van der Waals surface area contributed by atoms with E-state index in [4.69, 9.17) is 0 Å². The molecular weight excluding hydrogens is 350 g/mol. The Hall–Kier alpha value is -1.89. The zero-order chi connectivity index (χ0) is 19.0. The Kier molecular flexibility index (Phi) is 3.53. The molecule has 0 bridgehead atoms. The number of aromatic nitrogens is 1. The maximum Gasteiger partial charge on any atom is 0.270 e. The van der Waals surface area contributed by atoms with E-state index in [9.17, 15) is 4.79 Å². The standard InChI is InChI=1S/C22H29N5O/c1-14-4-3-5-17-15(14)10-19(23-17)21(28)26-9-6-18-16(11-26)20-12-25(2)22(7-8-22)13-27(20)24-18/h3-5,10,16,18,20,23-24H,6-9,11-13H2,1-2H3. The van der Waals surface area contributed by atoms with Crippen molar-refractivity contribution in [3.63, 3.8) is 0 Å². The van der Waals surface area contributed by atoms with Crippen LogP contribution in [0.3, 0.4) is 0 Å². The molecule has 148 valence electrons. The summed E-state index contributed by atoms with van der Waals surface area (Å²) in [5.74, 6) is 0.665. The van der Waals surface area contributed by atoms with Crippen LogP contribution in [-0.2, 0) is 0 Å². The monoisotopic (exact) mass is 379 g/mol. The zero-order valence-electron chi connectivity index (χ0n) is 16.7. The topological polar surface area (TPSA) is 54.6 Å². The number of nitrogens with zero attached hydrogens (tertiary/aromatic N) is 3. The van der Waals surface area contributed by atoms with E-state index in [2.05, 4.69) is 51.3 Å². The largest absolute Gasteiger partial charge is 0.351 e. The predicted octanol–water partition coefficient (Wildman–Crippen LogP) is 1.97. The van der Waals surface area contributed by atoms with E-state index in [-0.39, 0.29) is 5.91 Å². The fourth-order valence-corrected chi connectivity index (χ4v) is 5.84. The van der Waals surface area contributed by atoms with Crippen LogP contribution >= 0.6 is 0 Å². The molecule has 1 amide bonds. The Labute approximate surface area is 165 Å². The average molecular weight is 380 g/mol. The van der Waals surface area contributed by atoms with E-state index in [1.54, 1.807) is 0 Å². The molecule has 4 aliphatic rings. The molecule has 3 saturated heterocycles. The number of piperazine rings is 1. The maximum absolute atomic E-state index is 13.3. The number of amides is 1. The van der Waals surface area contributed by atoms with Gasteiger partial charge in [0, 0.05) is 60.6 Å². The van der Waals surface area contributed by atoms with Gasteiger partial charge in [-0.3, -0.25) is 15.1 Å². The highest BCUT2D eigenvalue weighted by atomic mass is 16.2. The number of piperidine rings is 1. The van der Waals surface area contributed by atoms with E-state index in [0.29, 0.717) is 23.5 Å². The van der Waals surface area contributed by atoms with E-state index in [1.165, 1.54) is 18.4 Å². The number of benzene rings is 1. The maximum atomic E-state index is 13.3. The summed E-state index contributed by atoms with van der Waals surface area (Å²) in [6.45, 7) is 6.04. The molecule has 3 unspecified atom stereocenters. The van der Waals surface area contributed by atoms with Crippen molar-refractivity contribution in [2.45, 2.75) is 43.8 Å². The van der Waals surface area contributed by atoms with Crippen molar-refractivity contribution < 1.29 is 4.79 Å². The molecule has 28 heavy (non-hydrogen) atoms. The lowest BCUT2D eigenvalue weighted by Crippen LogP contribution is -2.60. The van der Waals surface area contributed by atoms with E-state index in [0.717, 1.165) is 49.2 Å². The van der Waals surface area contributed by atoms with Gasteiger partial charge in [0.25, 0.3) is 5.91 Å². The van der Waals surface area contributed by atoms with Gasteiger partial charge in [-0.1, -0.05) is 12.1 Å². The summed E-state index contributed by atoms with van der Waals surface area (Å²) in [4.78, 5) is 21.3. The summed E-state index contributed by atoms with van der Waals surface area (Å²) in [6, 6.07) is 9.25. The Morgan fingerprint density at radius 2 is 2.11 bits per heavy atom. The molecule has 4 heterocycles. The summed E-state index contributed by atoms with van der Waals surface area (Å²) in [6.07, 6.45) is 3.70. The van der Waals surface area contributed by atoms with Crippen molar-refractivity contribution in [1.29, 1.82) is 0 Å². The third kappa shape index (κ3) is 2.41. The SMILES string of the molecule is Cc1cccc2[nH]c(C(=O)N3CCC4NN5CC6(CC6)N(C)CC5C4C3)cc12. The highest BCUT2D eigenvalue weighted by molar-refractivity contribution is 5.98. The first kappa shape index (κ1) is 17.0. The van der Waals surface area contributed by atoms with Crippen LogP contribution in [0, 0.1) is 12.8 Å². The molecule has 6 heteroatoms. The van der Waals surface area contributed by atoms with Crippen molar-refractivity contribution in [2.24, 2.45) is 5.92 Å². The molecule has 4 fully saturated rings. The highest BCUT2D eigenvalue weighted by Gasteiger charge is 2.57. The first-order valence-electron chi connectivity index (χ1n) is 10.7. The molecule has 1 saturated carbocycles. The van der Waals surface area contributed by atoms with Crippen molar-refractivity contribution >= 4 is 16.8 Å². The number of fused-ring (bicyclic) bond motifs is 4. The van der Waals surface area contributed by atoms with Gasteiger partial charge in [0.15, 0.2) is 0 Å². The van der Waals surface area contributed by atoms with Gasteiger partial charge in [-0.05, 0) is 50.9 Å². The minimum atomic E-state index is 0.148. The number of hydrogen-bond donors (Lipinski definition) is 2. The summed E-state index contributed by atoms with van der Waals surface area (Å²) in [7, 11) is 2.29. The van der Waals surface area contributed by atoms with Gasteiger partial charge in [0.2, 0.25) is 0 Å². The number of nitrogens with one attached hydrogen (secondary N) is 2. The highest BCUT2D eigenvalue weighted by Crippen LogP contribution is 2.46. The molecule has 3 atom stereocenters. The number of hydrazine groups is 1. The smallest absolute Gasteiger partial charge is 0.270 e. The number of aromatic amines is 1. The van der Waals surface area contributed by atoms with Gasteiger partial charge < -0.3 is 9.88 Å². The van der Waals surface area contributed by atoms with Crippen LogP contribution in [0.2, 0.25) is 0 Å². The van der Waals surface area contributed by atoms with Gasteiger partial charge in [0.1, 0.15) is 5.69 Å². The third-order valence-electron chi connectivity index (χ3n) is 7.85. The molecule has 0 radical (unpaired) electrons. The Morgan fingerprint density at radius 1 is 1.25 bits per heavy atom. The van der Waals surface area contributed by atoms with E-state index in [1.807, 2.05) is 12.1 Å². The summed E-state index contributed by atoms with van der Waals surface area (Å²) in [5, 5.41) is 3.67. The van der Waals surface area contributed by atoms with Crippen LogP contribution in [0.15, 0.2) is 24.3 Å². The zero-order valence-corrected chi connectivity index (χ0v) is 16.7. The average Bonchev–Trinajstić information content (AvgIpc) is 3.18. The Bertz CT molecular complexity index is 948. The molecule has 6 rings (SSSR count). The normalized spacial score (nSPS) is 31.9.